The normalized spacial score (nSPS) is 23.1. The summed E-state index contributed by atoms with van der Waals surface area (Å²) in [6.45, 7) is 5.97. The summed E-state index contributed by atoms with van der Waals surface area (Å²) in [5, 5.41) is 0. The molecule has 0 fully saturated rings. The molecule has 1 aliphatic heterocycles. The van der Waals surface area contributed by atoms with Crippen LogP contribution in [0.15, 0.2) is 40.4 Å². The van der Waals surface area contributed by atoms with E-state index < -0.39 is 0 Å². The molecule has 1 atom stereocenters. The number of amides is 1. The van der Waals surface area contributed by atoms with E-state index in [-0.39, 0.29) is 11.8 Å². The molecule has 2 heteroatoms. The summed E-state index contributed by atoms with van der Waals surface area (Å²) < 4.78 is 0. The maximum Gasteiger partial charge on any atom is 0.257 e. The predicted octanol–water partition coefficient (Wildman–Crippen LogP) is 2.68. The molecule has 14 heavy (non-hydrogen) atoms. The fraction of sp³-hybridized carbons (Fsp3) is 0.333. The Kier molecular flexibility index (Phi) is 3.57. The molecule has 1 aliphatic carbocycles. The molecule has 2 rings (SSSR count). The SMILES string of the molecule is CC.CC1=C2C=CC=CC2C(=O)N=C1. The summed E-state index contributed by atoms with van der Waals surface area (Å²) in [7, 11) is 0. The van der Waals surface area contributed by atoms with Crippen molar-refractivity contribution in [3.8, 4) is 0 Å². The summed E-state index contributed by atoms with van der Waals surface area (Å²) in [6.07, 6.45) is 9.33. The molecule has 2 nitrogen and oxygen atoms in total. The number of rotatable bonds is 0. The van der Waals surface area contributed by atoms with Crippen LogP contribution in [-0.2, 0) is 4.79 Å². The Morgan fingerprint density at radius 3 is 2.64 bits per heavy atom. The van der Waals surface area contributed by atoms with Gasteiger partial charge in [-0.15, -0.1) is 0 Å². The molecule has 0 spiro atoms. The van der Waals surface area contributed by atoms with Crippen molar-refractivity contribution in [2.75, 3.05) is 0 Å². The summed E-state index contributed by atoms with van der Waals surface area (Å²) in [5.41, 5.74) is 2.16. The van der Waals surface area contributed by atoms with E-state index in [1.54, 1.807) is 6.21 Å². The van der Waals surface area contributed by atoms with Crippen molar-refractivity contribution in [1.82, 2.24) is 0 Å². The highest BCUT2D eigenvalue weighted by atomic mass is 16.1. The van der Waals surface area contributed by atoms with Crippen LogP contribution in [0.4, 0.5) is 0 Å². The largest absolute Gasteiger partial charge is 0.272 e. The van der Waals surface area contributed by atoms with Gasteiger partial charge in [-0.1, -0.05) is 38.2 Å². The van der Waals surface area contributed by atoms with Crippen LogP contribution in [0.25, 0.3) is 0 Å². The number of carbonyl (C=O) groups is 1. The van der Waals surface area contributed by atoms with Gasteiger partial charge in [0.15, 0.2) is 0 Å². The lowest BCUT2D eigenvalue weighted by Gasteiger charge is -2.18. The van der Waals surface area contributed by atoms with Crippen molar-refractivity contribution >= 4 is 12.1 Å². The fourth-order valence-corrected chi connectivity index (χ4v) is 1.45. The van der Waals surface area contributed by atoms with E-state index >= 15 is 0 Å². The third kappa shape index (κ3) is 1.90. The quantitative estimate of drug-likeness (QED) is 0.576. The number of hydrogen-bond donors (Lipinski definition) is 0. The maximum atomic E-state index is 11.3. The minimum Gasteiger partial charge on any atom is -0.272 e. The summed E-state index contributed by atoms with van der Waals surface area (Å²) in [5.74, 6) is -0.184. The van der Waals surface area contributed by atoms with Crippen LogP contribution in [0.2, 0.25) is 0 Å². The second-order valence-electron chi connectivity index (χ2n) is 2.96. The molecule has 0 aromatic heterocycles. The monoisotopic (exact) mass is 189 g/mol. The number of aliphatic imine (C=N–C) groups is 1. The standard InChI is InChI=1S/C10H9NO.C2H6/c1-7-6-11-10(12)9-5-3-2-4-8(7)9;1-2/h2-6,9H,1H3;1-2H3. The third-order valence-electron chi connectivity index (χ3n) is 2.13. The van der Waals surface area contributed by atoms with Crippen LogP contribution in [0.1, 0.15) is 20.8 Å². The molecule has 1 heterocycles. The molecule has 74 valence electrons. The molecule has 2 aliphatic rings. The lowest BCUT2D eigenvalue weighted by molar-refractivity contribution is -0.119. The first kappa shape index (κ1) is 10.6. The molecule has 0 radical (unpaired) electrons. The van der Waals surface area contributed by atoms with E-state index in [0.717, 1.165) is 11.1 Å². The number of dihydropyridines is 1. The second-order valence-corrected chi connectivity index (χ2v) is 2.96. The molecule has 1 unspecified atom stereocenters. The van der Waals surface area contributed by atoms with Gasteiger partial charge < -0.3 is 0 Å². The first-order valence-electron chi connectivity index (χ1n) is 4.92. The molecule has 0 aromatic carbocycles. The van der Waals surface area contributed by atoms with E-state index in [0.29, 0.717) is 0 Å². The number of carbonyl (C=O) groups excluding carboxylic acids is 1. The Morgan fingerprint density at radius 1 is 1.29 bits per heavy atom. The van der Waals surface area contributed by atoms with Gasteiger partial charge in [0, 0.05) is 6.21 Å². The zero-order valence-electron chi connectivity index (χ0n) is 8.82. The Morgan fingerprint density at radius 2 is 2.00 bits per heavy atom. The zero-order chi connectivity index (χ0) is 10.6. The molecule has 0 saturated carbocycles. The van der Waals surface area contributed by atoms with Gasteiger partial charge in [-0.05, 0) is 18.1 Å². The Labute approximate surface area is 84.7 Å². The Hall–Kier alpha value is -1.44. The fourth-order valence-electron chi connectivity index (χ4n) is 1.45. The van der Waals surface area contributed by atoms with Crippen molar-refractivity contribution in [2.45, 2.75) is 20.8 Å². The van der Waals surface area contributed by atoms with Crippen LogP contribution >= 0.6 is 0 Å². The van der Waals surface area contributed by atoms with Gasteiger partial charge in [0.1, 0.15) is 0 Å². The van der Waals surface area contributed by atoms with Crippen molar-refractivity contribution in [3.63, 3.8) is 0 Å². The molecule has 0 N–H and O–H groups in total. The molecule has 0 bridgehead atoms. The zero-order valence-corrected chi connectivity index (χ0v) is 8.82. The molecular weight excluding hydrogens is 174 g/mol. The van der Waals surface area contributed by atoms with Gasteiger partial charge in [0.25, 0.3) is 5.91 Å². The summed E-state index contributed by atoms with van der Waals surface area (Å²) >= 11 is 0. The minimum absolute atomic E-state index is 0.0591. The maximum absolute atomic E-state index is 11.3. The molecule has 0 saturated heterocycles. The number of fused-ring (bicyclic) bond motifs is 1. The highest BCUT2D eigenvalue weighted by Gasteiger charge is 2.23. The van der Waals surface area contributed by atoms with Crippen LogP contribution in [0, 0.1) is 5.92 Å². The van der Waals surface area contributed by atoms with Crippen molar-refractivity contribution in [1.29, 1.82) is 0 Å². The van der Waals surface area contributed by atoms with E-state index in [2.05, 4.69) is 4.99 Å². The predicted molar refractivity (Wildman–Crippen MR) is 59.3 cm³/mol. The summed E-state index contributed by atoms with van der Waals surface area (Å²) in [6, 6.07) is 0. The van der Waals surface area contributed by atoms with Gasteiger partial charge in [-0.25, -0.2) is 4.99 Å². The van der Waals surface area contributed by atoms with Gasteiger partial charge in [0.05, 0.1) is 5.92 Å². The van der Waals surface area contributed by atoms with Crippen molar-refractivity contribution in [2.24, 2.45) is 10.9 Å². The average Bonchev–Trinajstić information content (AvgIpc) is 2.27. The topological polar surface area (TPSA) is 29.4 Å². The minimum atomic E-state index is -0.125. The third-order valence-corrected chi connectivity index (χ3v) is 2.13. The number of nitrogens with zero attached hydrogens (tertiary/aromatic N) is 1. The van der Waals surface area contributed by atoms with Crippen molar-refractivity contribution < 1.29 is 4.79 Å². The van der Waals surface area contributed by atoms with E-state index in [4.69, 9.17) is 0 Å². The molecule has 0 aromatic rings. The average molecular weight is 189 g/mol. The number of hydrogen-bond acceptors (Lipinski definition) is 1. The van der Waals surface area contributed by atoms with Gasteiger partial charge >= 0.3 is 0 Å². The van der Waals surface area contributed by atoms with E-state index in [9.17, 15) is 4.79 Å². The number of allylic oxidation sites excluding steroid dienone is 4. The van der Waals surface area contributed by atoms with Crippen LogP contribution in [0.5, 0.6) is 0 Å². The van der Waals surface area contributed by atoms with Gasteiger partial charge in [0.2, 0.25) is 0 Å². The lowest BCUT2D eigenvalue weighted by Crippen LogP contribution is -2.18. The van der Waals surface area contributed by atoms with Gasteiger partial charge in [-0.2, -0.15) is 0 Å². The van der Waals surface area contributed by atoms with E-state index in [1.165, 1.54) is 0 Å². The molecular formula is C12H15NO. The lowest BCUT2D eigenvalue weighted by atomic mass is 9.89. The summed E-state index contributed by atoms with van der Waals surface area (Å²) in [4.78, 5) is 15.0. The molecule has 1 amide bonds. The van der Waals surface area contributed by atoms with Crippen LogP contribution in [-0.4, -0.2) is 12.1 Å². The van der Waals surface area contributed by atoms with E-state index in [1.807, 2.05) is 45.1 Å². The first-order valence-corrected chi connectivity index (χ1v) is 4.92. The van der Waals surface area contributed by atoms with Crippen LogP contribution < -0.4 is 0 Å². The highest BCUT2D eigenvalue weighted by Crippen LogP contribution is 2.25. The Bertz CT molecular complexity index is 345. The van der Waals surface area contributed by atoms with Crippen molar-refractivity contribution in [3.05, 3.63) is 35.5 Å². The smallest absolute Gasteiger partial charge is 0.257 e. The Balaban J connectivity index is 0.000000461. The second kappa shape index (κ2) is 4.70. The first-order chi connectivity index (χ1) is 6.79. The highest BCUT2D eigenvalue weighted by molar-refractivity contribution is 6.00. The van der Waals surface area contributed by atoms with Gasteiger partial charge in [-0.3, -0.25) is 4.79 Å². The van der Waals surface area contributed by atoms with Crippen LogP contribution in [0.3, 0.4) is 0 Å².